The Morgan fingerprint density at radius 1 is 1.64 bits per heavy atom. The number of pyridine rings is 1. The molecule has 1 aromatic heterocycles. The van der Waals surface area contributed by atoms with E-state index in [-0.39, 0.29) is 0 Å². The van der Waals surface area contributed by atoms with Crippen molar-refractivity contribution in [3.8, 4) is 6.07 Å². The van der Waals surface area contributed by atoms with Crippen LogP contribution < -0.4 is 0 Å². The minimum atomic E-state index is 0.450. The van der Waals surface area contributed by atoms with Crippen LogP contribution in [-0.4, -0.2) is 4.98 Å². The predicted octanol–water partition coefficient (Wildman–Crippen LogP) is 2.17. The Morgan fingerprint density at radius 2 is 2.36 bits per heavy atom. The minimum absolute atomic E-state index is 0.450. The van der Waals surface area contributed by atoms with E-state index in [1.165, 1.54) is 6.20 Å². The number of aryl methyl sites for hydroxylation is 1. The Bertz CT molecular complexity index is 301. The Hall–Kier alpha value is -1.07. The van der Waals surface area contributed by atoms with Crippen LogP contribution in [0.1, 0.15) is 18.1 Å². The van der Waals surface area contributed by atoms with Gasteiger partial charge >= 0.3 is 0 Å². The van der Waals surface area contributed by atoms with Crippen molar-refractivity contribution in [2.24, 2.45) is 0 Å². The average molecular weight is 167 g/mol. The molecule has 0 aromatic carbocycles. The number of rotatable bonds is 1. The molecule has 0 fully saturated rings. The molecule has 0 aliphatic heterocycles. The van der Waals surface area contributed by atoms with E-state index in [0.29, 0.717) is 10.6 Å². The third-order valence-corrected chi connectivity index (χ3v) is 1.90. The molecular weight excluding hydrogens is 160 g/mol. The fourth-order valence-electron chi connectivity index (χ4n) is 0.813. The van der Waals surface area contributed by atoms with Crippen LogP contribution in [0.25, 0.3) is 0 Å². The normalized spacial score (nSPS) is 9.18. The summed E-state index contributed by atoms with van der Waals surface area (Å²) in [6.07, 6.45) is 3.96. The van der Waals surface area contributed by atoms with Crippen molar-refractivity contribution < 1.29 is 0 Å². The largest absolute Gasteiger partial charge is 0.263 e. The number of hydrogen-bond donors (Lipinski definition) is 0. The van der Waals surface area contributed by atoms with Gasteiger partial charge in [0.25, 0.3) is 0 Å². The average Bonchev–Trinajstić information content (AvgIpc) is 2.05. The van der Waals surface area contributed by atoms with Gasteiger partial charge in [0.2, 0.25) is 0 Å². The number of aromatic nitrogens is 1. The topological polar surface area (TPSA) is 36.7 Å². The molecule has 0 atom stereocenters. The molecule has 0 spiro atoms. The maximum absolute atomic E-state index is 8.56. The Kier molecular flexibility index (Phi) is 2.45. The molecule has 0 saturated heterocycles. The summed E-state index contributed by atoms with van der Waals surface area (Å²) < 4.78 is 0. The summed E-state index contributed by atoms with van der Waals surface area (Å²) in [6.45, 7) is 1.98. The second kappa shape index (κ2) is 3.36. The SMILES string of the molecule is CCc1cncc(C#N)c1Cl. The van der Waals surface area contributed by atoms with Gasteiger partial charge in [-0.2, -0.15) is 5.26 Å². The van der Waals surface area contributed by atoms with E-state index in [4.69, 9.17) is 16.9 Å². The zero-order valence-electron chi connectivity index (χ0n) is 6.13. The first-order valence-electron chi connectivity index (χ1n) is 3.32. The third kappa shape index (κ3) is 1.50. The number of halogens is 1. The zero-order valence-corrected chi connectivity index (χ0v) is 6.89. The van der Waals surface area contributed by atoms with Crippen LogP contribution in [0.15, 0.2) is 12.4 Å². The van der Waals surface area contributed by atoms with Gasteiger partial charge in [-0.25, -0.2) is 0 Å². The maximum atomic E-state index is 8.56. The summed E-state index contributed by atoms with van der Waals surface area (Å²) in [7, 11) is 0. The molecule has 0 saturated carbocycles. The van der Waals surface area contributed by atoms with Crippen molar-refractivity contribution in [2.75, 3.05) is 0 Å². The molecule has 3 heteroatoms. The molecule has 1 rings (SSSR count). The lowest BCUT2D eigenvalue weighted by Crippen LogP contribution is -1.88. The lowest BCUT2D eigenvalue weighted by Gasteiger charge is -1.99. The first-order valence-corrected chi connectivity index (χ1v) is 3.69. The number of hydrogen-bond acceptors (Lipinski definition) is 2. The molecule has 1 heterocycles. The molecule has 0 radical (unpaired) electrons. The van der Waals surface area contributed by atoms with Crippen LogP contribution in [-0.2, 0) is 6.42 Å². The highest BCUT2D eigenvalue weighted by molar-refractivity contribution is 6.32. The van der Waals surface area contributed by atoms with Gasteiger partial charge in [-0.05, 0) is 12.0 Å². The van der Waals surface area contributed by atoms with Gasteiger partial charge in [-0.3, -0.25) is 4.98 Å². The van der Waals surface area contributed by atoms with Gasteiger partial charge in [0.1, 0.15) is 6.07 Å². The van der Waals surface area contributed by atoms with E-state index in [1.54, 1.807) is 6.20 Å². The minimum Gasteiger partial charge on any atom is -0.263 e. The van der Waals surface area contributed by atoms with E-state index in [1.807, 2.05) is 13.0 Å². The highest BCUT2D eigenvalue weighted by atomic mass is 35.5. The summed E-state index contributed by atoms with van der Waals surface area (Å²) in [5, 5.41) is 9.10. The van der Waals surface area contributed by atoms with Crippen molar-refractivity contribution in [3.63, 3.8) is 0 Å². The van der Waals surface area contributed by atoms with Crippen LogP contribution in [0.3, 0.4) is 0 Å². The zero-order chi connectivity index (χ0) is 8.27. The molecule has 56 valence electrons. The van der Waals surface area contributed by atoms with Crippen molar-refractivity contribution >= 4 is 11.6 Å². The van der Waals surface area contributed by atoms with Crippen molar-refractivity contribution in [1.82, 2.24) is 4.98 Å². The predicted molar refractivity (Wildman–Crippen MR) is 43.3 cm³/mol. The molecule has 0 amide bonds. The van der Waals surface area contributed by atoms with Gasteiger partial charge in [0.15, 0.2) is 0 Å². The summed E-state index contributed by atoms with van der Waals surface area (Å²) in [6, 6.07) is 1.98. The first kappa shape index (κ1) is 8.03. The van der Waals surface area contributed by atoms with E-state index in [9.17, 15) is 0 Å². The van der Waals surface area contributed by atoms with Crippen molar-refractivity contribution in [1.29, 1.82) is 5.26 Å². The Morgan fingerprint density at radius 3 is 2.91 bits per heavy atom. The van der Waals surface area contributed by atoms with Crippen LogP contribution in [0, 0.1) is 11.3 Å². The smallest absolute Gasteiger partial charge is 0.102 e. The number of nitrogens with zero attached hydrogens (tertiary/aromatic N) is 2. The quantitative estimate of drug-likeness (QED) is 0.641. The summed E-state index contributed by atoms with van der Waals surface area (Å²) in [5.74, 6) is 0. The monoisotopic (exact) mass is 166 g/mol. The fourth-order valence-corrected chi connectivity index (χ4v) is 1.09. The van der Waals surface area contributed by atoms with Crippen LogP contribution in [0.4, 0.5) is 0 Å². The van der Waals surface area contributed by atoms with E-state index < -0.39 is 0 Å². The molecule has 0 N–H and O–H groups in total. The molecule has 0 aliphatic carbocycles. The molecular formula is C8H7ClN2. The van der Waals surface area contributed by atoms with Crippen LogP contribution in [0.5, 0.6) is 0 Å². The van der Waals surface area contributed by atoms with Gasteiger partial charge in [-0.15, -0.1) is 0 Å². The van der Waals surface area contributed by atoms with E-state index in [0.717, 1.165) is 12.0 Å². The Labute approximate surface area is 70.4 Å². The van der Waals surface area contributed by atoms with Crippen molar-refractivity contribution in [3.05, 3.63) is 28.5 Å². The lowest BCUT2D eigenvalue weighted by molar-refractivity contribution is 1.10. The Balaban J connectivity index is 3.23. The second-order valence-corrected chi connectivity index (χ2v) is 2.50. The lowest BCUT2D eigenvalue weighted by atomic mass is 10.2. The van der Waals surface area contributed by atoms with Gasteiger partial charge in [-0.1, -0.05) is 18.5 Å². The molecule has 0 unspecified atom stereocenters. The van der Waals surface area contributed by atoms with Crippen LogP contribution >= 0.6 is 11.6 Å². The number of nitriles is 1. The molecule has 0 bridgehead atoms. The standard InChI is InChI=1S/C8H7ClN2/c1-2-6-4-11-5-7(3-10)8(6)9/h4-5H,2H2,1H3. The molecule has 1 aromatic rings. The second-order valence-electron chi connectivity index (χ2n) is 2.13. The third-order valence-electron chi connectivity index (χ3n) is 1.45. The molecule has 11 heavy (non-hydrogen) atoms. The summed E-state index contributed by atoms with van der Waals surface area (Å²) >= 11 is 5.85. The molecule has 2 nitrogen and oxygen atoms in total. The highest BCUT2D eigenvalue weighted by Gasteiger charge is 2.03. The van der Waals surface area contributed by atoms with Crippen molar-refractivity contribution in [2.45, 2.75) is 13.3 Å². The van der Waals surface area contributed by atoms with E-state index in [2.05, 4.69) is 4.98 Å². The van der Waals surface area contributed by atoms with Crippen LogP contribution in [0.2, 0.25) is 5.02 Å². The summed E-state index contributed by atoms with van der Waals surface area (Å²) in [5.41, 5.74) is 1.37. The summed E-state index contributed by atoms with van der Waals surface area (Å²) in [4.78, 5) is 3.88. The molecule has 0 aliphatic rings. The maximum Gasteiger partial charge on any atom is 0.102 e. The van der Waals surface area contributed by atoms with Gasteiger partial charge in [0, 0.05) is 12.4 Å². The fraction of sp³-hybridized carbons (Fsp3) is 0.250. The van der Waals surface area contributed by atoms with Gasteiger partial charge in [0.05, 0.1) is 10.6 Å². The first-order chi connectivity index (χ1) is 5.29. The highest BCUT2D eigenvalue weighted by Crippen LogP contribution is 2.18. The van der Waals surface area contributed by atoms with E-state index >= 15 is 0 Å². The van der Waals surface area contributed by atoms with Gasteiger partial charge < -0.3 is 0 Å².